The van der Waals surface area contributed by atoms with E-state index < -0.39 is 5.97 Å². The summed E-state index contributed by atoms with van der Waals surface area (Å²) in [6.07, 6.45) is 0.576. The van der Waals surface area contributed by atoms with Crippen molar-refractivity contribution >= 4 is 5.97 Å². The molecule has 4 nitrogen and oxygen atoms in total. The van der Waals surface area contributed by atoms with Crippen LogP contribution in [0.3, 0.4) is 0 Å². The second-order valence-electron chi connectivity index (χ2n) is 4.66. The highest BCUT2D eigenvalue weighted by atomic mass is 16.5. The number of carboxylic acids is 1. The van der Waals surface area contributed by atoms with Gasteiger partial charge in [0.1, 0.15) is 5.75 Å². The molecule has 2 aromatic carbocycles. The molecule has 0 spiro atoms. The van der Waals surface area contributed by atoms with Gasteiger partial charge in [-0.2, -0.15) is 5.26 Å². The van der Waals surface area contributed by atoms with Crippen LogP contribution in [0.25, 0.3) is 0 Å². The number of hydrogen-bond acceptors (Lipinski definition) is 3. The van der Waals surface area contributed by atoms with Crippen molar-refractivity contribution in [3.05, 3.63) is 65.2 Å². The molecule has 0 aromatic heterocycles. The molecule has 0 saturated heterocycles. The zero-order chi connectivity index (χ0) is 15.2. The number of rotatable bonds is 5. The molecule has 1 N–H and O–H groups in total. The summed E-state index contributed by atoms with van der Waals surface area (Å²) < 4.78 is 5.10. The van der Waals surface area contributed by atoms with E-state index in [1.807, 2.05) is 24.3 Å². The minimum atomic E-state index is -0.967. The molecule has 1 unspecified atom stereocenters. The number of nitriles is 1. The number of nitrogens with zero attached hydrogens (tertiary/aromatic N) is 1. The molecule has 4 heteroatoms. The lowest BCUT2D eigenvalue weighted by Crippen LogP contribution is -2.02. The number of ether oxygens (including phenoxy) is 1. The van der Waals surface area contributed by atoms with E-state index in [9.17, 15) is 10.1 Å². The summed E-state index contributed by atoms with van der Waals surface area (Å²) in [5.74, 6) is -0.496. The van der Waals surface area contributed by atoms with Gasteiger partial charge in [0.05, 0.1) is 24.7 Å². The second kappa shape index (κ2) is 6.58. The van der Waals surface area contributed by atoms with Crippen molar-refractivity contribution in [3.63, 3.8) is 0 Å². The second-order valence-corrected chi connectivity index (χ2v) is 4.66. The molecule has 0 bridgehead atoms. The maximum absolute atomic E-state index is 10.8. The van der Waals surface area contributed by atoms with Crippen LogP contribution in [0.4, 0.5) is 0 Å². The first kappa shape index (κ1) is 14.6. The van der Waals surface area contributed by atoms with Crippen LogP contribution in [0.5, 0.6) is 5.75 Å². The predicted molar refractivity (Wildman–Crippen MR) is 78.5 cm³/mol. The van der Waals surface area contributed by atoms with Gasteiger partial charge in [0, 0.05) is 0 Å². The van der Waals surface area contributed by atoms with Gasteiger partial charge in [0.25, 0.3) is 0 Å². The largest absolute Gasteiger partial charge is 0.497 e. The fraction of sp³-hybridized carbons (Fsp3) is 0.176. The van der Waals surface area contributed by atoms with Crippen LogP contribution in [0.1, 0.15) is 27.4 Å². The van der Waals surface area contributed by atoms with Crippen molar-refractivity contribution in [1.29, 1.82) is 5.26 Å². The molecule has 1 atom stereocenters. The van der Waals surface area contributed by atoms with Crippen molar-refractivity contribution < 1.29 is 14.6 Å². The van der Waals surface area contributed by atoms with E-state index in [-0.39, 0.29) is 11.5 Å². The number of methoxy groups -OCH3 is 1. The Labute approximate surface area is 123 Å². The maximum atomic E-state index is 10.8. The summed E-state index contributed by atoms with van der Waals surface area (Å²) in [6.45, 7) is 0. The molecule has 21 heavy (non-hydrogen) atoms. The smallest absolute Gasteiger partial charge is 0.335 e. The van der Waals surface area contributed by atoms with E-state index in [4.69, 9.17) is 9.84 Å². The molecule has 2 rings (SSSR count). The van der Waals surface area contributed by atoms with E-state index in [0.717, 1.165) is 16.9 Å². The highest BCUT2D eigenvalue weighted by molar-refractivity contribution is 5.87. The molecular formula is C17H15NO3. The molecule has 0 saturated carbocycles. The van der Waals surface area contributed by atoms with Gasteiger partial charge in [-0.1, -0.05) is 24.3 Å². The third-order valence-corrected chi connectivity index (χ3v) is 3.31. The molecule has 0 fully saturated rings. The quantitative estimate of drug-likeness (QED) is 0.913. The molecule has 0 aliphatic rings. The zero-order valence-electron chi connectivity index (χ0n) is 11.6. The average molecular weight is 281 g/mol. The molecule has 0 aliphatic carbocycles. The predicted octanol–water partition coefficient (Wildman–Crippen LogP) is 3.24. The van der Waals surface area contributed by atoms with E-state index in [1.165, 1.54) is 12.1 Å². The Morgan fingerprint density at radius 2 is 1.81 bits per heavy atom. The third kappa shape index (κ3) is 3.61. The van der Waals surface area contributed by atoms with Crippen molar-refractivity contribution in [3.8, 4) is 11.8 Å². The first-order valence-electron chi connectivity index (χ1n) is 6.50. The molecule has 0 heterocycles. The third-order valence-electron chi connectivity index (χ3n) is 3.31. The van der Waals surface area contributed by atoms with Gasteiger partial charge in [-0.15, -0.1) is 0 Å². The highest BCUT2D eigenvalue weighted by Crippen LogP contribution is 2.22. The minimum Gasteiger partial charge on any atom is -0.497 e. The Bertz CT molecular complexity index is 654. The SMILES string of the molecule is COc1ccc(CC(C#N)c2ccc(C(=O)O)cc2)cc1. The first-order chi connectivity index (χ1) is 10.1. The highest BCUT2D eigenvalue weighted by Gasteiger charge is 2.12. The summed E-state index contributed by atoms with van der Waals surface area (Å²) in [7, 11) is 1.61. The average Bonchev–Trinajstić information content (AvgIpc) is 2.53. The fourth-order valence-corrected chi connectivity index (χ4v) is 2.09. The van der Waals surface area contributed by atoms with Gasteiger partial charge in [0.2, 0.25) is 0 Å². The first-order valence-corrected chi connectivity index (χ1v) is 6.50. The van der Waals surface area contributed by atoms with Crippen molar-refractivity contribution in [2.75, 3.05) is 7.11 Å². The van der Waals surface area contributed by atoms with Crippen molar-refractivity contribution in [1.82, 2.24) is 0 Å². The summed E-state index contributed by atoms with van der Waals surface area (Å²) in [5.41, 5.74) is 2.07. The molecule has 2 aromatic rings. The van der Waals surface area contributed by atoms with Gasteiger partial charge in [-0.3, -0.25) is 0 Å². The minimum absolute atomic E-state index is 0.222. The normalized spacial score (nSPS) is 11.4. The summed E-state index contributed by atoms with van der Waals surface area (Å²) in [5, 5.41) is 18.2. The van der Waals surface area contributed by atoms with Crippen LogP contribution in [-0.4, -0.2) is 18.2 Å². The van der Waals surface area contributed by atoms with Gasteiger partial charge in [0.15, 0.2) is 0 Å². The Morgan fingerprint density at radius 3 is 2.29 bits per heavy atom. The van der Waals surface area contributed by atoms with Gasteiger partial charge in [-0.05, 0) is 41.8 Å². The Kier molecular flexibility index (Phi) is 4.57. The van der Waals surface area contributed by atoms with Crippen LogP contribution >= 0.6 is 0 Å². The summed E-state index contributed by atoms with van der Waals surface area (Å²) >= 11 is 0. The van der Waals surface area contributed by atoms with Crippen LogP contribution in [0.2, 0.25) is 0 Å². The number of carboxylic acid groups (broad SMARTS) is 1. The Balaban J connectivity index is 2.15. The van der Waals surface area contributed by atoms with E-state index in [0.29, 0.717) is 6.42 Å². The van der Waals surface area contributed by atoms with Crippen LogP contribution < -0.4 is 4.74 Å². The van der Waals surface area contributed by atoms with Crippen LogP contribution in [-0.2, 0) is 6.42 Å². The summed E-state index contributed by atoms with van der Waals surface area (Å²) in [6, 6.07) is 16.3. The number of benzene rings is 2. The lowest BCUT2D eigenvalue weighted by molar-refractivity contribution is 0.0697. The molecule has 0 aliphatic heterocycles. The summed E-state index contributed by atoms with van der Waals surface area (Å²) in [4.78, 5) is 10.8. The topological polar surface area (TPSA) is 70.3 Å². The van der Waals surface area contributed by atoms with E-state index in [2.05, 4.69) is 6.07 Å². The zero-order valence-corrected chi connectivity index (χ0v) is 11.6. The Morgan fingerprint density at radius 1 is 1.19 bits per heavy atom. The maximum Gasteiger partial charge on any atom is 0.335 e. The molecule has 0 radical (unpaired) electrons. The molecular weight excluding hydrogens is 266 g/mol. The monoisotopic (exact) mass is 281 g/mol. The van der Waals surface area contributed by atoms with Crippen LogP contribution in [0, 0.1) is 11.3 Å². The molecule has 106 valence electrons. The number of aromatic carboxylic acids is 1. The standard InChI is InChI=1S/C17H15NO3/c1-21-16-8-2-12(3-9-16)10-15(11-18)13-4-6-14(7-5-13)17(19)20/h2-9,15H,10H2,1H3,(H,19,20). The van der Waals surface area contributed by atoms with Gasteiger partial charge < -0.3 is 9.84 Å². The fourth-order valence-electron chi connectivity index (χ4n) is 2.09. The Hall–Kier alpha value is -2.80. The van der Waals surface area contributed by atoms with E-state index >= 15 is 0 Å². The number of carbonyl (C=O) groups is 1. The number of hydrogen-bond donors (Lipinski definition) is 1. The van der Waals surface area contributed by atoms with E-state index in [1.54, 1.807) is 19.2 Å². The lowest BCUT2D eigenvalue weighted by Gasteiger charge is -2.10. The lowest BCUT2D eigenvalue weighted by atomic mass is 9.92. The van der Waals surface area contributed by atoms with Crippen LogP contribution in [0.15, 0.2) is 48.5 Å². The van der Waals surface area contributed by atoms with Crippen molar-refractivity contribution in [2.24, 2.45) is 0 Å². The molecule has 0 amide bonds. The van der Waals surface area contributed by atoms with Gasteiger partial charge >= 0.3 is 5.97 Å². The van der Waals surface area contributed by atoms with Crippen molar-refractivity contribution in [2.45, 2.75) is 12.3 Å². The van der Waals surface area contributed by atoms with Gasteiger partial charge in [-0.25, -0.2) is 4.79 Å².